The second-order valence-corrected chi connectivity index (χ2v) is 6.92. The minimum Gasteiger partial charge on any atom is -0.383 e. The molecule has 0 heterocycles. The maximum absolute atomic E-state index is 12.3. The third kappa shape index (κ3) is 7.99. The van der Waals surface area contributed by atoms with Gasteiger partial charge in [-0.3, -0.25) is 4.79 Å². The number of amides is 1. The third-order valence-electron chi connectivity index (χ3n) is 3.18. The maximum Gasteiger partial charge on any atom is 0.306 e. The number of ether oxygens (including phenoxy) is 1. The molecule has 1 aromatic carbocycles. The lowest BCUT2D eigenvalue weighted by molar-refractivity contribution is -0.132. The van der Waals surface area contributed by atoms with E-state index >= 15 is 0 Å². The number of methoxy groups -OCH3 is 1. The van der Waals surface area contributed by atoms with Crippen molar-refractivity contribution in [1.82, 2.24) is 4.90 Å². The van der Waals surface area contributed by atoms with Crippen molar-refractivity contribution in [2.24, 2.45) is 0 Å². The Bertz CT molecular complexity index is 600. The summed E-state index contributed by atoms with van der Waals surface area (Å²) in [7, 11) is -1.97. The van der Waals surface area contributed by atoms with Gasteiger partial charge in [-0.2, -0.15) is 8.42 Å². The summed E-state index contributed by atoms with van der Waals surface area (Å²) in [5.41, 5.74) is 0.812. The van der Waals surface area contributed by atoms with E-state index in [2.05, 4.69) is 0 Å². The first kappa shape index (κ1) is 19.4. The number of nitrogens with zero attached hydrogens (tertiary/aromatic N) is 1. The molecule has 0 unspecified atom stereocenters. The summed E-state index contributed by atoms with van der Waals surface area (Å²) < 4.78 is 32.3. The number of hydrogen-bond donors (Lipinski definition) is 0. The largest absolute Gasteiger partial charge is 0.383 e. The smallest absolute Gasteiger partial charge is 0.306 e. The van der Waals surface area contributed by atoms with E-state index in [1.54, 1.807) is 30.2 Å². The summed E-state index contributed by atoms with van der Waals surface area (Å²) >= 11 is 0. The second-order valence-electron chi connectivity index (χ2n) is 5.35. The molecule has 0 saturated carbocycles. The van der Waals surface area contributed by atoms with Crippen LogP contribution in [0.4, 0.5) is 0 Å². The Labute approximate surface area is 138 Å². The highest BCUT2D eigenvalue weighted by atomic mass is 32.2. The molecule has 0 fully saturated rings. The van der Waals surface area contributed by atoms with Crippen LogP contribution in [0.1, 0.15) is 31.7 Å². The molecule has 7 heteroatoms. The van der Waals surface area contributed by atoms with Gasteiger partial charge in [0.05, 0.1) is 12.9 Å². The summed E-state index contributed by atoms with van der Waals surface area (Å²) in [6.45, 7) is 3.39. The second kappa shape index (κ2) is 9.52. The van der Waals surface area contributed by atoms with Crippen LogP contribution in [0.3, 0.4) is 0 Å². The van der Waals surface area contributed by atoms with Gasteiger partial charge in [0.25, 0.3) is 0 Å². The molecule has 1 rings (SSSR count). The van der Waals surface area contributed by atoms with Crippen LogP contribution in [0, 0.1) is 0 Å². The van der Waals surface area contributed by atoms with Crippen molar-refractivity contribution in [3.63, 3.8) is 0 Å². The molecule has 0 aliphatic carbocycles. The Hall–Kier alpha value is -1.60. The summed E-state index contributed by atoms with van der Waals surface area (Å²) in [6, 6.07) is 6.75. The van der Waals surface area contributed by atoms with Crippen LogP contribution in [0.25, 0.3) is 0 Å². The molecule has 0 N–H and O–H groups in total. The molecule has 6 nitrogen and oxygen atoms in total. The standard InChI is InChI=1S/C16H25NO5S/c1-4-5-9-16(18)17(10-11-21-2)13-14-7-6-8-15(12-14)22-23(3,19)20/h6-8,12H,4-5,9-11,13H2,1-3H3. The van der Waals surface area contributed by atoms with Crippen LogP contribution in [-0.2, 0) is 26.2 Å². The third-order valence-corrected chi connectivity index (χ3v) is 3.68. The predicted octanol–water partition coefficient (Wildman–Crippen LogP) is 2.19. The summed E-state index contributed by atoms with van der Waals surface area (Å²) in [4.78, 5) is 14.0. The van der Waals surface area contributed by atoms with Crippen LogP contribution in [0.15, 0.2) is 24.3 Å². The summed E-state index contributed by atoms with van der Waals surface area (Å²) in [6.07, 6.45) is 3.31. The average molecular weight is 343 g/mol. The highest BCUT2D eigenvalue weighted by Crippen LogP contribution is 2.17. The van der Waals surface area contributed by atoms with E-state index in [-0.39, 0.29) is 11.7 Å². The average Bonchev–Trinajstić information content (AvgIpc) is 2.47. The van der Waals surface area contributed by atoms with E-state index in [9.17, 15) is 13.2 Å². The predicted molar refractivity (Wildman–Crippen MR) is 88.7 cm³/mol. The maximum atomic E-state index is 12.3. The molecule has 1 aromatic rings. The van der Waals surface area contributed by atoms with Crippen molar-refractivity contribution in [1.29, 1.82) is 0 Å². The molecule has 0 aromatic heterocycles. The molecule has 1 amide bonds. The van der Waals surface area contributed by atoms with Crippen molar-refractivity contribution < 1.29 is 22.1 Å². The minimum absolute atomic E-state index is 0.0679. The lowest BCUT2D eigenvalue weighted by Crippen LogP contribution is -2.33. The van der Waals surface area contributed by atoms with Crippen LogP contribution in [0.2, 0.25) is 0 Å². The SMILES string of the molecule is CCCCC(=O)N(CCOC)Cc1cccc(OS(C)(=O)=O)c1. The fourth-order valence-electron chi connectivity index (χ4n) is 2.07. The highest BCUT2D eigenvalue weighted by molar-refractivity contribution is 7.86. The van der Waals surface area contributed by atoms with E-state index in [1.807, 2.05) is 13.0 Å². The van der Waals surface area contributed by atoms with Gasteiger partial charge in [-0.1, -0.05) is 25.5 Å². The monoisotopic (exact) mass is 343 g/mol. The van der Waals surface area contributed by atoms with E-state index < -0.39 is 10.1 Å². The summed E-state index contributed by atoms with van der Waals surface area (Å²) in [5.74, 6) is 0.316. The quantitative estimate of drug-likeness (QED) is 0.609. The molecule has 0 saturated heterocycles. The van der Waals surface area contributed by atoms with Crippen molar-refractivity contribution >= 4 is 16.0 Å². The van der Waals surface area contributed by atoms with E-state index in [1.165, 1.54) is 0 Å². The van der Waals surface area contributed by atoms with Gasteiger partial charge in [0.1, 0.15) is 5.75 Å². The van der Waals surface area contributed by atoms with Gasteiger partial charge < -0.3 is 13.8 Å². The number of rotatable bonds is 10. The van der Waals surface area contributed by atoms with Crippen molar-refractivity contribution in [2.45, 2.75) is 32.7 Å². The van der Waals surface area contributed by atoms with Crippen LogP contribution < -0.4 is 4.18 Å². The zero-order valence-corrected chi connectivity index (χ0v) is 14.8. The van der Waals surface area contributed by atoms with Gasteiger partial charge in [0, 0.05) is 26.6 Å². The fraction of sp³-hybridized carbons (Fsp3) is 0.562. The normalized spacial score (nSPS) is 11.3. The fourth-order valence-corrected chi connectivity index (χ4v) is 2.52. The molecule has 0 bridgehead atoms. The van der Waals surface area contributed by atoms with Crippen molar-refractivity contribution in [2.75, 3.05) is 26.5 Å². The van der Waals surface area contributed by atoms with Crippen molar-refractivity contribution in [3.05, 3.63) is 29.8 Å². The first-order valence-corrected chi connectivity index (χ1v) is 9.42. The van der Waals surface area contributed by atoms with Gasteiger partial charge in [-0.15, -0.1) is 0 Å². The molecule has 0 aliphatic rings. The number of carbonyl (C=O) groups is 1. The molecule has 0 spiro atoms. The Morgan fingerprint density at radius 1 is 1.30 bits per heavy atom. The molecule has 130 valence electrons. The number of carbonyl (C=O) groups excluding carboxylic acids is 1. The van der Waals surface area contributed by atoms with E-state index in [4.69, 9.17) is 8.92 Å². The van der Waals surface area contributed by atoms with Gasteiger partial charge >= 0.3 is 10.1 Å². The summed E-state index contributed by atoms with van der Waals surface area (Å²) in [5, 5.41) is 0. The van der Waals surface area contributed by atoms with Gasteiger partial charge in [0.15, 0.2) is 0 Å². The highest BCUT2D eigenvalue weighted by Gasteiger charge is 2.14. The van der Waals surface area contributed by atoms with Gasteiger partial charge in [-0.05, 0) is 24.1 Å². The first-order chi connectivity index (χ1) is 10.9. The van der Waals surface area contributed by atoms with Gasteiger partial charge in [0.2, 0.25) is 5.91 Å². The van der Waals surface area contributed by atoms with Crippen LogP contribution >= 0.6 is 0 Å². The Balaban J connectivity index is 2.81. The van der Waals surface area contributed by atoms with Gasteiger partial charge in [-0.25, -0.2) is 0 Å². The number of hydrogen-bond acceptors (Lipinski definition) is 5. The topological polar surface area (TPSA) is 72.9 Å². The Morgan fingerprint density at radius 3 is 2.65 bits per heavy atom. The molecule has 0 radical (unpaired) electrons. The first-order valence-electron chi connectivity index (χ1n) is 7.61. The van der Waals surface area contributed by atoms with Crippen LogP contribution in [-0.4, -0.2) is 45.7 Å². The molecule has 0 atom stereocenters. The van der Waals surface area contributed by atoms with E-state index in [0.717, 1.165) is 24.7 Å². The molecule has 0 aliphatic heterocycles. The molecule has 23 heavy (non-hydrogen) atoms. The zero-order valence-electron chi connectivity index (χ0n) is 13.9. The zero-order chi connectivity index (χ0) is 17.3. The molecular weight excluding hydrogens is 318 g/mol. The lowest BCUT2D eigenvalue weighted by Gasteiger charge is -2.22. The lowest BCUT2D eigenvalue weighted by atomic mass is 10.1. The Morgan fingerprint density at radius 2 is 2.04 bits per heavy atom. The number of unbranched alkanes of at least 4 members (excludes halogenated alkanes) is 1. The number of benzene rings is 1. The molecular formula is C16H25NO5S. The van der Waals surface area contributed by atoms with E-state index in [0.29, 0.717) is 26.1 Å². The van der Waals surface area contributed by atoms with Crippen LogP contribution in [0.5, 0.6) is 5.75 Å². The minimum atomic E-state index is -3.57. The van der Waals surface area contributed by atoms with Crippen molar-refractivity contribution in [3.8, 4) is 5.75 Å². The Kier molecular flexibility index (Phi) is 8.05.